The van der Waals surface area contributed by atoms with E-state index < -0.39 is 5.79 Å². The van der Waals surface area contributed by atoms with Crippen molar-refractivity contribution in [3.05, 3.63) is 0 Å². The molecule has 0 saturated carbocycles. The Morgan fingerprint density at radius 2 is 1.62 bits per heavy atom. The van der Waals surface area contributed by atoms with Gasteiger partial charge in [0.2, 0.25) is 0 Å². The number of hydrogen-bond donors (Lipinski definition) is 0. The second-order valence-corrected chi connectivity index (χ2v) is 8.37. The Morgan fingerprint density at radius 1 is 1.04 bits per heavy atom. The van der Waals surface area contributed by atoms with E-state index in [9.17, 15) is 4.79 Å². The molecule has 26 heavy (non-hydrogen) atoms. The molecule has 0 aromatic rings. The predicted molar refractivity (Wildman–Crippen MR) is 106 cm³/mol. The van der Waals surface area contributed by atoms with Crippen LogP contribution in [0.5, 0.6) is 0 Å². The molecule has 0 spiro atoms. The maximum absolute atomic E-state index is 11.7. The second-order valence-electron chi connectivity index (χ2n) is 8.37. The van der Waals surface area contributed by atoms with Gasteiger partial charge in [-0.05, 0) is 26.2 Å². The summed E-state index contributed by atoms with van der Waals surface area (Å²) in [6, 6.07) is 0. The highest BCUT2D eigenvalue weighted by molar-refractivity contribution is 5.69. The summed E-state index contributed by atoms with van der Waals surface area (Å²) in [4.78, 5) is 11.7. The van der Waals surface area contributed by atoms with Gasteiger partial charge in [-0.15, -0.1) is 0 Å². The summed E-state index contributed by atoms with van der Waals surface area (Å²) in [5.74, 6) is 0.234. The van der Waals surface area contributed by atoms with Gasteiger partial charge in [-0.3, -0.25) is 4.79 Å². The first kappa shape index (κ1) is 23.4. The van der Waals surface area contributed by atoms with Gasteiger partial charge in [0.25, 0.3) is 0 Å². The number of rotatable bonds is 15. The molecule has 1 heterocycles. The summed E-state index contributed by atoms with van der Waals surface area (Å²) in [7, 11) is 0. The molecule has 0 aromatic carbocycles. The first-order valence-electron chi connectivity index (χ1n) is 10.9. The van der Waals surface area contributed by atoms with E-state index in [0.717, 1.165) is 18.8 Å². The van der Waals surface area contributed by atoms with E-state index in [2.05, 4.69) is 13.8 Å². The molecule has 0 bridgehead atoms. The number of ether oxygens (including phenoxy) is 3. The highest BCUT2D eigenvalue weighted by atomic mass is 16.7. The fourth-order valence-electron chi connectivity index (χ4n) is 3.31. The number of carbonyl (C=O) groups is 1. The highest BCUT2D eigenvalue weighted by Crippen LogP contribution is 2.22. The molecule has 1 aliphatic rings. The fraction of sp³-hybridized carbons (Fsp3) is 0.955. The van der Waals surface area contributed by atoms with Gasteiger partial charge in [-0.1, -0.05) is 78.1 Å². The zero-order chi connectivity index (χ0) is 19.3. The lowest BCUT2D eigenvalue weighted by molar-refractivity contribution is -0.158. The van der Waals surface area contributed by atoms with Crippen LogP contribution in [0.2, 0.25) is 0 Å². The van der Waals surface area contributed by atoms with Crippen LogP contribution in [-0.4, -0.2) is 31.1 Å². The lowest BCUT2D eigenvalue weighted by Crippen LogP contribution is -2.25. The fourth-order valence-corrected chi connectivity index (χ4v) is 3.31. The molecule has 0 aliphatic carbocycles. The van der Waals surface area contributed by atoms with Gasteiger partial charge in [0, 0.05) is 6.42 Å². The van der Waals surface area contributed by atoms with Crippen molar-refractivity contribution in [2.24, 2.45) is 5.92 Å². The van der Waals surface area contributed by atoms with Crippen molar-refractivity contribution in [2.45, 2.75) is 117 Å². The van der Waals surface area contributed by atoms with E-state index in [0.29, 0.717) is 19.6 Å². The predicted octanol–water partition coefficient (Wildman–Crippen LogP) is 6.02. The van der Waals surface area contributed by atoms with E-state index in [1.165, 1.54) is 57.8 Å². The van der Waals surface area contributed by atoms with Gasteiger partial charge in [-0.25, -0.2) is 0 Å². The van der Waals surface area contributed by atoms with Crippen LogP contribution in [0.4, 0.5) is 0 Å². The van der Waals surface area contributed by atoms with Gasteiger partial charge < -0.3 is 14.2 Å². The summed E-state index contributed by atoms with van der Waals surface area (Å²) in [5, 5.41) is 0. The smallest absolute Gasteiger partial charge is 0.305 e. The van der Waals surface area contributed by atoms with E-state index in [-0.39, 0.29) is 12.1 Å². The normalized spacial score (nSPS) is 20.2. The molecular formula is C22H42O4. The maximum Gasteiger partial charge on any atom is 0.305 e. The molecule has 4 heteroatoms. The summed E-state index contributed by atoms with van der Waals surface area (Å²) in [6.07, 6.45) is 14.6. The summed E-state index contributed by atoms with van der Waals surface area (Å²) < 4.78 is 16.4. The number of esters is 1. The first-order valence-corrected chi connectivity index (χ1v) is 10.9. The van der Waals surface area contributed by atoms with Crippen LogP contribution in [0.25, 0.3) is 0 Å². The quantitative estimate of drug-likeness (QED) is 0.261. The van der Waals surface area contributed by atoms with Gasteiger partial charge in [0.05, 0.1) is 6.61 Å². The lowest BCUT2D eigenvalue weighted by atomic mass is 9.99. The van der Waals surface area contributed by atoms with Crippen molar-refractivity contribution in [3.63, 3.8) is 0 Å². The van der Waals surface area contributed by atoms with Crippen LogP contribution >= 0.6 is 0 Å². The highest BCUT2D eigenvalue weighted by Gasteiger charge is 2.33. The largest absolute Gasteiger partial charge is 0.463 e. The molecule has 0 radical (unpaired) electrons. The first-order chi connectivity index (χ1) is 12.4. The molecule has 1 fully saturated rings. The number of unbranched alkanes of at least 4 members (excludes halogenated alkanes) is 8. The molecule has 1 aliphatic heterocycles. The molecule has 0 N–H and O–H groups in total. The van der Waals surface area contributed by atoms with Gasteiger partial charge >= 0.3 is 5.97 Å². The third-order valence-electron chi connectivity index (χ3n) is 5.27. The minimum absolute atomic E-state index is 0.111. The molecule has 2 atom stereocenters. The van der Waals surface area contributed by atoms with Gasteiger partial charge in [0.15, 0.2) is 5.79 Å². The van der Waals surface area contributed by atoms with Crippen LogP contribution in [0.1, 0.15) is 105 Å². The lowest BCUT2D eigenvalue weighted by Gasteiger charge is -2.16. The van der Waals surface area contributed by atoms with E-state index in [1.807, 2.05) is 13.8 Å². The molecule has 1 rings (SSSR count). The Labute approximate surface area is 161 Å². The molecule has 1 saturated heterocycles. The van der Waals surface area contributed by atoms with Crippen LogP contribution < -0.4 is 0 Å². The Hall–Kier alpha value is -0.610. The summed E-state index contributed by atoms with van der Waals surface area (Å²) in [5.41, 5.74) is 0. The molecule has 2 unspecified atom stereocenters. The molecule has 0 amide bonds. The van der Waals surface area contributed by atoms with Crippen molar-refractivity contribution in [2.75, 3.05) is 13.2 Å². The summed E-state index contributed by atoms with van der Waals surface area (Å²) >= 11 is 0. The number of carbonyl (C=O) groups excluding carboxylic acids is 1. The molecular weight excluding hydrogens is 328 g/mol. The van der Waals surface area contributed by atoms with Crippen LogP contribution in [0, 0.1) is 5.92 Å². The SMILES string of the molecule is CCC(C)CCCCCCCCCCCC(=O)OCC1COC(C)(C)O1. The number of hydrogen-bond acceptors (Lipinski definition) is 4. The van der Waals surface area contributed by atoms with Crippen molar-refractivity contribution < 1.29 is 19.0 Å². The minimum atomic E-state index is -0.551. The van der Waals surface area contributed by atoms with Crippen molar-refractivity contribution in [1.29, 1.82) is 0 Å². The maximum atomic E-state index is 11.7. The molecule has 154 valence electrons. The van der Waals surface area contributed by atoms with Crippen LogP contribution in [0.3, 0.4) is 0 Å². The summed E-state index contributed by atoms with van der Waals surface area (Å²) in [6.45, 7) is 9.19. The monoisotopic (exact) mass is 370 g/mol. The van der Waals surface area contributed by atoms with E-state index in [4.69, 9.17) is 14.2 Å². The van der Waals surface area contributed by atoms with Crippen LogP contribution in [0.15, 0.2) is 0 Å². The van der Waals surface area contributed by atoms with E-state index >= 15 is 0 Å². The Bertz CT molecular complexity index is 367. The zero-order valence-electron chi connectivity index (χ0n) is 17.7. The van der Waals surface area contributed by atoms with Crippen LogP contribution in [-0.2, 0) is 19.0 Å². The zero-order valence-corrected chi connectivity index (χ0v) is 17.7. The average molecular weight is 371 g/mol. The Balaban J connectivity index is 1.82. The van der Waals surface area contributed by atoms with Gasteiger partial charge in [0.1, 0.15) is 12.7 Å². The topological polar surface area (TPSA) is 44.8 Å². The third-order valence-corrected chi connectivity index (χ3v) is 5.27. The van der Waals surface area contributed by atoms with Crippen molar-refractivity contribution in [3.8, 4) is 0 Å². The van der Waals surface area contributed by atoms with E-state index in [1.54, 1.807) is 0 Å². The Morgan fingerprint density at radius 3 is 2.15 bits per heavy atom. The second kappa shape index (κ2) is 13.5. The minimum Gasteiger partial charge on any atom is -0.463 e. The average Bonchev–Trinajstić information content (AvgIpc) is 2.96. The standard InChI is InChI=1S/C22H42O4/c1-5-19(2)15-13-11-9-7-6-8-10-12-14-16-21(23)24-17-20-18-25-22(3,4)26-20/h19-20H,5-18H2,1-4H3. The van der Waals surface area contributed by atoms with Crippen molar-refractivity contribution in [1.82, 2.24) is 0 Å². The molecule has 4 nitrogen and oxygen atoms in total. The van der Waals surface area contributed by atoms with Crippen molar-refractivity contribution >= 4 is 5.97 Å². The molecule has 0 aromatic heterocycles. The van der Waals surface area contributed by atoms with Gasteiger partial charge in [-0.2, -0.15) is 0 Å². The third kappa shape index (κ3) is 11.9. The Kier molecular flexibility index (Phi) is 12.2.